The molecule has 0 heterocycles. The van der Waals surface area contributed by atoms with Gasteiger partial charge in [0.15, 0.2) is 0 Å². The summed E-state index contributed by atoms with van der Waals surface area (Å²) in [5.41, 5.74) is 0. The number of carbonyl (C=O) groups is 1. The van der Waals surface area contributed by atoms with Crippen molar-refractivity contribution in [3.63, 3.8) is 0 Å². The van der Waals surface area contributed by atoms with Gasteiger partial charge in [-0.15, -0.1) is 0 Å². The summed E-state index contributed by atoms with van der Waals surface area (Å²) in [5, 5.41) is 0. The molecule has 0 aromatic heterocycles. The first-order valence-corrected chi connectivity index (χ1v) is 3.83. The minimum Gasteiger partial charge on any atom is -0.523 e. The molecule has 0 rings (SSSR count). The molecule has 0 aliphatic heterocycles. The Balaban J connectivity index is 3.52. The van der Waals surface area contributed by atoms with Crippen LogP contribution < -0.4 is 0 Å². The highest BCUT2D eigenvalue weighted by Gasteiger charge is 2.09. The van der Waals surface area contributed by atoms with Gasteiger partial charge in [0.25, 0.3) is 0 Å². The smallest absolute Gasteiger partial charge is 0.391 e. The molecular weight excluding hydrogens is 141 g/mol. The van der Waals surface area contributed by atoms with E-state index in [4.69, 9.17) is 4.65 Å². The monoisotopic (exact) mass is 156 g/mol. The van der Waals surface area contributed by atoms with Crippen LogP contribution >= 0.6 is 0 Å². The molecule has 0 N–H and O–H groups in total. The standard InChI is InChI=1S/C7H15BNO2/c1-5-9(4)7(10)11-8-6(2)3/h6H,5H2,1-4H3. The van der Waals surface area contributed by atoms with Crippen LogP contribution in [-0.2, 0) is 4.65 Å². The Morgan fingerprint density at radius 2 is 2.18 bits per heavy atom. The number of rotatable bonds is 3. The van der Waals surface area contributed by atoms with E-state index in [1.165, 1.54) is 12.4 Å². The highest BCUT2D eigenvalue weighted by molar-refractivity contribution is 6.32. The van der Waals surface area contributed by atoms with Gasteiger partial charge in [-0.3, -0.25) is 0 Å². The first-order valence-electron chi connectivity index (χ1n) is 3.83. The highest BCUT2D eigenvalue weighted by Crippen LogP contribution is 1.98. The third kappa shape index (κ3) is 4.70. The summed E-state index contributed by atoms with van der Waals surface area (Å²) in [6.45, 7) is 6.49. The highest BCUT2D eigenvalue weighted by atomic mass is 16.5. The van der Waals surface area contributed by atoms with Crippen molar-refractivity contribution in [3.05, 3.63) is 0 Å². The number of amides is 1. The van der Waals surface area contributed by atoms with E-state index < -0.39 is 0 Å². The quantitative estimate of drug-likeness (QED) is 0.579. The third-order valence-electron chi connectivity index (χ3n) is 1.23. The zero-order chi connectivity index (χ0) is 8.85. The van der Waals surface area contributed by atoms with Crippen LogP contribution in [0, 0.1) is 0 Å². The average Bonchev–Trinajstić information content (AvgIpc) is 1.98. The molecule has 0 aliphatic rings. The third-order valence-corrected chi connectivity index (χ3v) is 1.23. The maximum Gasteiger partial charge on any atom is 0.391 e. The van der Waals surface area contributed by atoms with Gasteiger partial charge in [0, 0.05) is 13.6 Å². The molecule has 63 valence electrons. The number of carbonyl (C=O) groups excluding carboxylic acids is 1. The predicted molar refractivity (Wildman–Crippen MR) is 45.6 cm³/mol. The average molecular weight is 156 g/mol. The summed E-state index contributed by atoms with van der Waals surface area (Å²) >= 11 is 0. The van der Waals surface area contributed by atoms with Crippen molar-refractivity contribution in [2.24, 2.45) is 0 Å². The molecule has 0 aliphatic carbocycles. The van der Waals surface area contributed by atoms with E-state index in [1.54, 1.807) is 7.05 Å². The van der Waals surface area contributed by atoms with Crippen LogP contribution in [0.3, 0.4) is 0 Å². The van der Waals surface area contributed by atoms with Crippen LogP contribution in [0.15, 0.2) is 0 Å². The van der Waals surface area contributed by atoms with Gasteiger partial charge in [-0.1, -0.05) is 13.8 Å². The summed E-state index contributed by atoms with van der Waals surface area (Å²) in [7, 11) is 3.24. The maximum absolute atomic E-state index is 11.0. The molecule has 0 aromatic rings. The lowest BCUT2D eigenvalue weighted by Gasteiger charge is -2.14. The molecule has 0 saturated heterocycles. The van der Waals surface area contributed by atoms with Gasteiger partial charge in [0.1, 0.15) is 0 Å². The van der Waals surface area contributed by atoms with Crippen LogP contribution in [0.4, 0.5) is 4.79 Å². The summed E-state index contributed by atoms with van der Waals surface area (Å²) in [6, 6.07) is 0. The first-order chi connectivity index (χ1) is 5.07. The minimum atomic E-state index is -0.291. The number of hydrogen-bond acceptors (Lipinski definition) is 2. The van der Waals surface area contributed by atoms with Crippen LogP contribution in [0.2, 0.25) is 5.82 Å². The Bertz CT molecular complexity index is 128. The van der Waals surface area contributed by atoms with Crippen molar-refractivity contribution in [1.82, 2.24) is 4.90 Å². The molecular formula is C7H15BNO2. The zero-order valence-electron chi connectivity index (χ0n) is 7.63. The Hall–Kier alpha value is -0.665. The van der Waals surface area contributed by atoms with Crippen LogP contribution in [0.5, 0.6) is 0 Å². The topological polar surface area (TPSA) is 29.5 Å². The molecule has 0 atom stereocenters. The van der Waals surface area contributed by atoms with Gasteiger partial charge < -0.3 is 9.55 Å². The summed E-state index contributed by atoms with van der Waals surface area (Å²) < 4.78 is 4.82. The zero-order valence-corrected chi connectivity index (χ0v) is 7.63. The molecule has 3 nitrogen and oxygen atoms in total. The predicted octanol–water partition coefficient (Wildman–Crippen LogP) is 1.52. The van der Waals surface area contributed by atoms with E-state index in [0.717, 1.165) is 0 Å². The normalized spacial score (nSPS) is 9.55. The van der Waals surface area contributed by atoms with Crippen molar-refractivity contribution < 1.29 is 9.45 Å². The van der Waals surface area contributed by atoms with E-state index in [2.05, 4.69) is 0 Å². The van der Waals surface area contributed by atoms with E-state index in [-0.39, 0.29) is 11.9 Å². The Morgan fingerprint density at radius 1 is 1.64 bits per heavy atom. The molecule has 4 heteroatoms. The summed E-state index contributed by atoms with van der Waals surface area (Å²) in [5.74, 6) is 0.282. The van der Waals surface area contributed by atoms with E-state index in [0.29, 0.717) is 6.54 Å². The lowest BCUT2D eigenvalue weighted by Crippen LogP contribution is -2.28. The van der Waals surface area contributed by atoms with E-state index in [9.17, 15) is 4.79 Å². The summed E-state index contributed by atoms with van der Waals surface area (Å²) in [6.07, 6.45) is -0.291. The van der Waals surface area contributed by atoms with Crippen molar-refractivity contribution in [2.75, 3.05) is 13.6 Å². The number of nitrogens with zero attached hydrogens (tertiary/aromatic N) is 1. The second-order valence-corrected chi connectivity index (χ2v) is 2.78. The Labute approximate surface area is 69.0 Å². The summed E-state index contributed by atoms with van der Waals surface area (Å²) in [4.78, 5) is 12.5. The van der Waals surface area contributed by atoms with Gasteiger partial charge in [-0.25, -0.2) is 4.79 Å². The SMILES string of the molecule is CCN(C)C(=O)O[B]C(C)C. The first kappa shape index (κ1) is 10.3. The Morgan fingerprint density at radius 3 is 2.55 bits per heavy atom. The fraction of sp³-hybridized carbons (Fsp3) is 0.857. The van der Waals surface area contributed by atoms with Crippen molar-refractivity contribution in [1.29, 1.82) is 0 Å². The van der Waals surface area contributed by atoms with Crippen molar-refractivity contribution in [2.45, 2.75) is 26.6 Å². The molecule has 0 saturated carbocycles. The van der Waals surface area contributed by atoms with Gasteiger partial charge in [-0.2, -0.15) is 0 Å². The number of hydrogen-bond donors (Lipinski definition) is 0. The van der Waals surface area contributed by atoms with E-state index in [1.807, 2.05) is 20.8 Å². The minimum absolute atomic E-state index is 0.282. The van der Waals surface area contributed by atoms with Gasteiger partial charge in [0.05, 0.1) is 0 Å². The molecule has 0 unspecified atom stereocenters. The fourth-order valence-electron chi connectivity index (χ4n) is 0.413. The van der Waals surface area contributed by atoms with Crippen molar-refractivity contribution >= 4 is 13.6 Å². The van der Waals surface area contributed by atoms with E-state index >= 15 is 0 Å². The van der Waals surface area contributed by atoms with Gasteiger partial charge >= 0.3 is 13.6 Å². The molecule has 0 fully saturated rings. The van der Waals surface area contributed by atoms with Gasteiger partial charge in [-0.05, 0) is 12.7 Å². The van der Waals surface area contributed by atoms with Gasteiger partial charge in [0.2, 0.25) is 0 Å². The second-order valence-electron chi connectivity index (χ2n) is 2.78. The van der Waals surface area contributed by atoms with Crippen molar-refractivity contribution in [3.8, 4) is 0 Å². The molecule has 1 amide bonds. The van der Waals surface area contributed by atoms with Crippen LogP contribution in [0.25, 0.3) is 0 Å². The molecule has 11 heavy (non-hydrogen) atoms. The molecule has 1 radical (unpaired) electrons. The lowest BCUT2D eigenvalue weighted by molar-refractivity contribution is 0.166. The Kier molecular flexibility index (Phi) is 4.74. The van der Waals surface area contributed by atoms with Crippen LogP contribution in [0.1, 0.15) is 20.8 Å². The molecule has 0 bridgehead atoms. The molecule has 0 spiro atoms. The van der Waals surface area contributed by atoms with Crippen LogP contribution in [-0.4, -0.2) is 32.1 Å². The maximum atomic E-state index is 11.0. The lowest BCUT2D eigenvalue weighted by atomic mass is 9.84. The second kappa shape index (κ2) is 5.05. The fourth-order valence-corrected chi connectivity index (χ4v) is 0.413. The largest absolute Gasteiger partial charge is 0.523 e. The molecule has 0 aromatic carbocycles.